The molecule has 0 aliphatic carbocycles. The van der Waals surface area contributed by atoms with Gasteiger partial charge in [0.1, 0.15) is 0 Å². The summed E-state index contributed by atoms with van der Waals surface area (Å²) in [6.07, 6.45) is 4.88. The Kier molecular flexibility index (Phi) is 5.60. The van der Waals surface area contributed by atoms with Crippen LogP contribution in [0.25, 0.3) is 0 Å². The number of halogens is 1. The van der Waals surface area contributed by atoms with Gasteiger partial charge in [0.15, 0.2) is 11.6 Å². The second kappa shape index (κ2) is 7.24. The molecule has 1 aromatic rings. The Labute approximate surface area is 106 Å². The summed E-state index contributed by atoms with van der Waals surface area (Å²) in [5, 5.41) is 0. The molecule has 0 unspecified atom stereocenters. The predicted octanol–water partition coefficient (Wildman–Crippen LogP) is 2.50. The van der Waals surface area contributed by atoms with Gasteiger partial charge in [-0.25, -0.2) is 9.38 Å². The topological polar surface area (TPSA) is 59.6 Å². The lowest BCUT2D eigenvalue weighted by atomic mass is 10.3. The van der Waals surface area contributed by atoms with Gasteiger partial charge in [-0.15, -0.1) is 0 Å². The number of allylic oxidation sites excluding steroid dienone is 2. The maximum Gasteiger partial charge on any atom is 0.219 e. The number of hydrogen-bond donors (Lipinski definition) is 2. The number of benzene rings is 1. The first-order valence-electron chi connectivity index (χ1n) is 5.43. The van der Waals surface area contributed by atoms with Crippen LogP contribution in [0.2, 0.25) is 0 Å². The molecule has 1 aromatic carbocycles. The molecule has 0 heterocycles. The minimum atomic E-state index is -0.438. The lowest BCUT2D eigenvalue weighted by Gasteiger charge is -2.05. The standard InChI is InChI=1S/C13H16FN3O/c1-3-6-13(16-9-10(2)17-15)18-12-8-5-4-7-11(12)14/h3-9,17H,15H2,1-2H3/b6-3+,10-9+,16-13+. The third-order valence-electron chi connectivity index (χ3n) is 1.97. The lowest BCUT2D eigenvalue weighted by Crippen LogP contribution is -2.18. The molecule has 0 aromatic heterocycles. The van der Waals surface area contributed by atoms with Gasteiger partial charge >= 0.3 is 0 Å². The summed E-state index contributed by atoms with van der Waals surface area (Å²) in [6.45, 7) is 3.57. The zero-order chi connectivity index (χ0) is 13.4. The van der Waals surface area contributed by atoms with Crippen LogP contribution in [0.5, 0.6) is 5.75 Å². The van der Waals surface area contributed by atoms with Crippen molar-refractivity contribution in [3.05, 3.63) is 54.1 Å². The van der Waals surface area contributed by atoms with Crippen LogP contribution in [0, 0.1) is 5.82 Å². The molecule has 5 heteroatoms. The van der Waals surface area contributed by atoms with Crippen molar-refractivity contribution >= 4 is 5.90 Å². The Hall–Kier alpha value is -2.14. The van der Waals surface area contributed by atoms with Crippen molar-refractivity contribution in [3.8, 4) is 5.75 Å². The van der Waals surface area contributed by atoms with Gasteiger partial charge in [-0.1, -0.05) is 18.2 Å². The molecule has 0 bridgehead atoms. The van der Waals surface area contributed by atoms with Crippen molar-refractivity contribution in [2.24, 2.45) is 10.8 Å². The smallest absolute Gasteiger partial charge is 0.219 e. The number of aliphatic imine (C=N–C) groups is 1. The van der Waals surface area contributed by atoms with Crippen LogP contribution in [-0.4, -0.2) is 5.90 Å². The minimum Gasteiger partial charge on any atom is -0.436 e. The van der Waals surface area contributed by atoms with Gasteiger partial charge in [-0.05, 0) is 32.1 Å². The number of hydrogen-bond acceptors (Lipinski definition) is 4. The summed E-state index contributed by atoms with van der Waals surface area (Å²) >= 11 is 0. The fourth-order valence-electron chi connectivity index (χ4n) is 1.08. The van der Waals surface area contributed by atoms with Crippen molar-refractivity contribution in [2.75, 3.05) is 0 Å². The summed E-state index contributed by atoms with van der Waals surface area (Å²) in [7, 11) is 0. The fourth-order valence-corrected chi connectivity index (χ4v) is 1.08. The van der Waals surface area contributed by atoms with E-state index >= 15 is 0 Å². The van der Waals surface area contributed by atoms with Crippen LogP contribution in [0.1, 0.15) is 13.8 Å². The van der Waals surface area contributed by atoms with Crippen molar-refractivity contribution in [2.45, 2.75) is 13.8 Å². The van der Waals surface area contributed by atoms with Crippen molar-refractivity contribution in [3.63, 3.8) is 0 Å². The Bertz CT molecular complexity index is 481. The van der Waals surface area contributed by atoms with E-state index in [-0.39, 0.29) is 11.6 Å². The van der Waals surface area contributed by atoms with Crippen LogP contribution in [0.4, 0.5) is 4.39 Å². The van der Waals surface area contributed by atoms with Gasteiger partial charge in [0.2, 0.25) is 5.90 Å². The van der Waals surface area contributed by atoms with Gasteiger partial charge < -0.3 is 10.2 Å². The normalized spacial score (nSPS) is 12.9. The number of rotatable bonds is 4. The molecule has 0 aliphatic heterocycles. The van der Waals surface area contributed by atoms with E-state index in [1.807, 2.05) is 6.92 Å². The first kappa shape index (κ1) is 13.9. The van der Waals surface area contributed by atoms with E-state index in [9.17, 15) is 4.39 Å². The monoisotopic (exact) mass is 249 g/mol. The molecule has 1 rings (SSSR count). The van der Waals surface area contributed by atoms with E-state index in [2.05, 4.69) is 10.4 Å². The van der Waals surface area contributed by atoms with Gasteiger partial charge in [0.25, 0.3) is 0 Å². The van der Waals surface area contributed by atoms with Crippen LogP contribution >= 0.6 is 0 Å². The van der Waals surface area contributed by atoms with E-state index in [0.29, 0.717) is 5.70 Å². The molecular formula is C13H16FN3O. The lowest BCUT2D eigenvalue weighted by molar-refractivity contribution is 0.494. The van der Waals surface area contributed by atoms with Crippen molar-refractivity contribution < 1.29 is 9.13 Å². The molecule has 0 fully saturated rings. The number of nitrogens with two attached hydrogens (primary N) is 1. The summed E-state index contributed by atoms with van der Waals surface area (Å²) in [5.41, 5.74) is 3.10. The number of ether oxygens (including phenoxy) is 1. The second-order valence-electron chi connectivity index (χ2n) is 3.46. The van der Waals surface area contributed by atoms with E-state index in [1.165, 1.54) is 18.3 Å². The Morgan fingerprint density at radius 3 is 2.78 bits per heavy atom. The van der Waals surface area contributed by atoms with Crippen molar-refractivity contribution in [1.29, 1.82) is 0 Å². The highest BCUT2D eigenvalue weighted by Gasteiger charge is 2.03. The molecular weight excluding hydrogens is 233 g/mol. The molecule has 4 nitrogen and oxygen atoms in total. The summed E-state index contributed by atoms with van der Waals surface area (Å²) in [6, 6.07) is 6.14. The average Bonchev–Trinajstić information content (AvgIpc) is 2.38. The van der Waals surface area contributed by atoms with Gasteiger partial charge in [0, 0.05) is 5.70 Å². The number of nitrogens with one attached hydrogen (secondary N) is 1. The Balaban J connectivity index is 2.91. The Morgan fingerprint density at radius 2 is 2.17 bits per heavy atom. The minimum absolute atomic E-state index is 0.126. The van der Waals surface area contributed by atoms with E-state index in [0.717, 1.165) is 0 Å². The molecule has 0 radical (unpaired) electrons. The van der Waals surface area contributed by atoms with Gasteiger partial charge in [0.05, 0.1) is 6.20 Å². The molecule has 0 saturated carbocycles. The quantitative estimate of drug-likeness (QED) is 0.373. The highest BCUT2D eigenvalue weighted by molar-refractivity contribution is 5.89. The van der Waals surface area contributed by atoms with Crippen LogP contribution in [-0.2, 0) is 0 Å². The summed E-state index contributed by atoms with van der Waals surface area (Å²) < 4.78 is 18.8. The number of para-hydroxylation sites is 1. The molecule has 0 aliphatic rings. The predicted molar refractivity (Wildman–Crippen MR) is 70.4 cm³/mol. The second-order valence-corrected chi connectivity index (χ2v) is 3.46. The third-order valence-corrected chi connectivity index (χ3v) is 1.97. The number of hydrazine groups is 1. The molecule has 0 saturated heterocycles. The zero-order valence-electron chi connectivity index (χ0n) is 10.4. The molecule has 0 atom stereocenters. The molecule has 96 valence electrons. The van der Waals surface area contributed by atoms with Crippen molar-refractivity contribution in [1.82, 2.24) is 5.43 Å². The largest absolute Gasteiger partial charge is 0.436 e. The SMILES string of the molecule is C/C=C/C(=N\C=C(/C)NN)Oc1ccccc1F. The first-order chi connectivity index (χ1) is 8.67. The third kappa shape index (κ3) is 4.39. The first-order valence-corrected chi connectivity index (χ1v) is 5.43. The van der Waals surface area contributed by atoms with Crippen LogP contribution in [0.3, 0.4) is 0 Å². The summed E-state index contributed by atoms with van der Waals surface area (Å²) in [4.78, 5) is 4.06. The highest BCUT2D eigenvalue weighted by atomic mass is 19.1. The molecule has 0 amide bonds. The fraction of sp³-hybridized carbons (Fsp3) is 0.154. The van der Waals surface area contributed by atoms with Crippen LogP contribution in [0.15, 0.2) is 53.3 Å². The maximum absolute atomic E-state index is 13.4. The average molecular weight is 249 g/mol. The number of nitrogens with zero attached hydrogens (tertiary/aromatic N) is 1. The van der Waals surface area contributed by atoms with Crippen LogP contribution < -0.4 is 16.0 Å². The van der Waals surface area contributed by atoms with E-state index < -0.39 is 5.82 Å². The van der Waals surface area contributed by atoms with Gasteiger partial charge in [-0.3, -0.25) is 5.84 Å². The maximum atomic E-state index is 13.4. The molecule has 3 N–H and O–H groups in total. The van der Waals surface area contributed by atoms with E-state index in [1.54, 1.807) is 31.2 Å². The summed E-state index contributed by atoms with van der Waals surface area (Å²) in [5.74, 6) is 5.17. The van der Waals surface area contributed by atoms with Gasteiger partial charge in [-0.2, -0.15) is 0 Å². The highest BCUT2D eigenvalue weighted by Crippen LogP contribution is 2.16. The van der Waals surface area contributed by atoms with E-state index in [4.69, 9.17) is 10.6 Å². The molecule has 18 heavy (non-hydrogen) atoms. The Morgan fingerprint density at radius 1 is 1.44 bits per heavy atom. The molecule has 0 spiro atoms. The zero-order valence-corrected chi connectivity index (χ0v) is 10.4.